The van der Waals surface area contributed by atoms with E-state index in [-0.39, 0.29) is 5.91 Å². The van der Waals surface area contributed by atoms with E-state index in [4.69, 9.17) is 10.7 Å². The van der Waals surface area contributed by atoms with Crippen LogP contribution >= 0.6 is 0 Å². The summed E-state index contributed by atoms with van der Waals surface area (Å²) >= 11 is 0. The minimum absolute atomic E-state index is 0.202. The van der Waals surface area contributed by atoms with Crippen molar-refractivity contribution in [3.05, 3.63) is 64.7 Å². The fourth-order valence-electron chi connectivity index (χ4n) is 4.46. The van der Waals surface area contributed by atoms with Crippen molar-refractivity contribution in [2.75, 3.05) is 18.9 Å². The normalized spacial score (nSPS) is 16.0. The summed E-state index contributed by atoms with van der Waals surface area (Å²) in [5.41, 5.74) is 11.6. The molecule has 0 saturated carbocycles. The number of hydrogen-bond donors (Lipinski definition) is 3. The molecule has 0 bridgehead atoms. The third kappa shape index (κ3) is 5.34. The van der Waals surface area contributed by atoms with E-state index in [1.165, 1.54) is 11.1 Å². The van der Waals surface area contributed by atoms with Crippen LogP contribution in [-0.4, -0.2) is 40.4 Å². The highest BCUT2D eigenvalue weighted by Gasteiger charge is 2.24. The SMILES string of the molecule is CN/C=C(\N)CCCCC(=O)N1CCc2nc(NC3Cc4ccccc4C3)ncc2C1. The molecule has 4 rings (SSSR count). The quantitative estimate of drug-likeness (QED) is 0.568. The van der Waals surface area contributed by atoms with Crippen molar-refractivity contribution >= 4 is 11.9 Å². The van der Waals surface area contributed by atoms with Gasteiger partial charge in [0.15, 0.2) is 0 Å². The number of carbonyl (C=O) groups excluding carboxylic acids is 1. The molecule has 4 N–H and O–H groups in total. The molecule has 31 heavy (non-hydrogen) atoms. The maximum atomic E-state index is 12.6. The van der Waals surface area contributed by atoms with E-state index in [1.807, 2.05) is 18.1 Å². The van der Waals surface area contributed by atoms with E-state index in [9.17, 15) is 4.79 Å². The van der Waals surface area contributed by atoms with Crippen molar-refractivity contribution in [2.45, 2.75) is 57.5 Å². The molecule has 2 aromatic rings. The maximum Gasteiger partial charge on any atom is 0.223 e. The van der Waals surface area contributed by atoms with Gasteiger partial charge in [-0.2, -0.15) is 0 Å². The molecule has 0 fully saturated rings. The van der Waals surface area contributed by atoms with Crippen molar-refractivity contribution in [1.29, 1.82) is 0 Å². The van der Waals surface area contributed by atoms with Gasteiger partial charge in [0, 0.05) is 62.7 Å². The minimum atomic E-state index is 0.202. The van der Waals surface area contributed by atoms with Crippen molar-refractivity contribution in [2.24, 2.45) is 5.73 Å². The number of rotatable bonds is 8. The molecule has 0 spiro atoms. The van der Waals surface area contributed by atoms with Crippen LogP contribution in [0.3, 0.4) is 0 Å². The van der Waals surface area contributed by atoms with Crippen LogP contribution in [0.4, 0.5) is 5.95 Å². The van der Waals surface area contributed by atoms with Crippen LogP contribution in [0.1, 0.15) is 48.1 Å². The van der Waals surface area contributed by atoms with E-state index >= 15 is 0 Å². The molecule has 7 nitrogen and oxygen atoms in total. The number of nitrogens with one attached hydrogen (secondary N) is 2. The van der Waals surface area contributed by atoms with Gasteiger partial charge in [0.05, 0.1) is 5.69 Å². The Balaban J connectivity index is 1.26. The molecule has 1 aliphatic heterocycles. The van der Waals surface area contributed by atoms with Gasteiger partial charge in [-0.05, 0) is 43.2 Å². The fraction of sp³-hybridized carbons (Fsp3) is 0.458. The Morgan fingerprint density at radius 3 is 2.68 bits per heavy atom. The van der Waals surface area contributed by atoms with Gasteiger partial charge >= 0.3 is 0 Å². The molecule has 7 heteroatoms. The topological polar surface area (TPSA) is 96.2 Å². The molecule has 0 saturated heterocycles. The van der Waals surface area contributed by atoms with Crippen LogP contribution < -0.4 is 16.4 Å². The Morgan fingerprint density at radius 2 is 1.94 bits per heavy atom. The van der Waals surface area contributed by atoms with Gasteiger partial charge in [-0.15, -0.1) is 0 Å². The van der Waals surface area contributed by atoms with Crippen LogP contribution in [-0.2, 0) is 30.6 Å². The summed E-state index contributed by atoms with van der Waals surface area (Å²) in [7, 11) is 1.83. The van der Waals surface area contributed by atoms with Crippen molar-refractivity contribution in [1.82, 2.24) is 20.2 Å². The first-order valence-corrected chi connectivity index (χ1v) is 11.2. The molecule has 2 heterocycles. The first-order chi connectivity index (χ1) is 15.1. The van der Waals surface area contributed by atoms with Gasteiger partial charge in [-0.25, -0.2) is 9.97 Å². The first-order valence-electron chi connectivity index (χ1n) is 11.2. The third-order valence-corrected chi connectivity index (χ3v) is 6.11. The molecule has 1 aromatic carbocycles. The minimum Gasteiger partial charge on any atom is -0.401 e. The van der Waals surface area contributed by atoms with Gasteiger partial charge in [0.25, 0.3) is 0 Å². The largest absolute Gasteiger partial charge is 0.401 e. The maximum absolute atomic E-state index is 12.6. The lowest BCUT2D eigenvalue weighted by atomic mass is 10.1. The van der Waals surface area contributed by atoms with Gasteiger partial charge < -0.3 is 21.3 Å². The van der Waals surface area contributed by atoms with E-state index < -0.39 is 0 Å². The number of unbranched alkanes of at least 4 members (excludes halogenated alkanes) is 1. The van der Waals surface area contributed by atoms with Crippen LogP contribution in [0.5, 0.6) is 0 Å². The molecule has 0 radical (unpaired) electrons. The first kappa shape index (κ1) is 21.2. The van der Waals surface area contributed by atoms with Crippen LogP contribution in [0.2, 0.25) is 0 Å². The molecule has 1 aromatic heterocycles. The lowest BCUT2D eigenvalue weighted by molar-refractivity contribution is -0.132. The Morgan fingerprint density at radius 1 is 1.19 bits per heavy atom. The van der Waals surface area contributed by atoms with Crippen LogP contribution in [0.15, 0.2) is 42.4 Å². The predicted molar refractivity (Wildman–Crippen MR) is 122 cm³/mol. The van der Waals surface area contributed by atoms with Crippen LogP contribution in [0.25, 0.3) is 0 Å². The molecule has 1 amide bonds. The Kier molecular flexibility index (Phi) is 6.70. The summed E-state index contributed by atoms with van der Waals surface area (Å²) in [6.07, 6.45) is 9.63. The summed E-state index contributed by atoms with van der Waals surface area (Å²) in [4.78, 5) is 23.8. The summed E-state index contributed by atoms with van der Waals surface area (Å²) in [5.74, 6) is 0.899. The second-order valence-electron chi connectivity index (χ2n) is 8.46. The average molecular weight is 421 g/mol. The van der Waals surface area contributed by atoms with Gasteiger partial charge in [0.2, 0.25) is 11.9 Å². The zero-order valence-electron chi connectivity index (χ0n) is 18.2. The lowest BCUT2D eigenvalue weighted by Gasteiger charge is -2.28. The Bertz CT molecular complexity index is 932. The summed E-state index contributed by atoms with van der Waals surface area (Å²) < 4.78 is 0. The molecule has 0 unspecified atom stereocenters. The average Bonchev–Trinajstić information content (AvgIpc) is 3.18. The highest BCUT2D eigenvalue weighted by Crippen LogP contribution is 2.24. The lowest BCUT2D eigenvalue weighted by Crippen LogP contribution is -2.36. The van der Waals surface area contributed by atoms with Gasteiger partial charge in [0.1, 0.15) is 0 Å². The van der Waals surface area contributed by atoms with Crippen molar-refractivity contribution in [3.8, 4) is 0 Å². The third-order valence-electron chi connectivity index (χ3n) is 6.11. The van der Waals surface area contributed by atoms with E-state index in [2.05, 4.69) is 39.9 Å². The second kappa shape index (κ2) is 9.81. The van der Waals surface area contributed by atoms with E-state index in [0.717, 1.165) is 62.0 Å². The number of benzene rings is 1. The van der Waals surface area contributed by atoms with Crippen molar-refractivity contribution in [3.63, 3.8) is 0 Å². The number of carbonyl (C=O) groups is 1. The van der Waals surface area contributed by atoms with Crippen molar-refractivity contribution < 1.29 is 4.79 Å². The number of fused-ring (bicyclic) bond motifs is 2. The van der Waals surface area contributed by atoms with Crippen LogP contribution in [0, 0.1) is 0 Å². The Hall–Kier alpha value is -3.09. The van der Waals surface area contributed by atoms with E-state index in [1.54, 1.807) is 6.20 Å². The molecule has 2 aliphatic rings. The number of nitrogens with two attached hydrogens (primary N) is 1. The monoisotopic (exact) mass is 420 g/mol. The van der Waals surface area contributed by atoms with Gasteiger partial charge in [-0.1, -0.05) is 24.3 Å². The summed E-state index contributed by atoms with van der Waals surface area (Å²) in [6, 6.07) is 8.93. The summed E-state index contributed by atoms with van der Waals surface area (Å²) in [5, 5.41) is 6.43. The molecule has 0 atom stereocenters. The number of amides is 1. The highest BCUT2D eigenvalue weighted by molar-refractivity contribution is 5.76. The zero-order valence-corrected chi connectivity index (χ0v) is 18.2. The standard InChI is InChI=1S/C24H32N6O/c1-26-15-20(25)8-4-5-9-23(31)30-11-10-22-19(16-30)14-27-24(29-22)28-21-12-17-6-2-3-7-18(17)13-21/h2-3,6-7,14-15,21,26H,4-5,8-13,16,25H2,1H3,(H,27,28,29)/b20-15-. The van der Waals surface area contributed by atoms with E-state index in [0.29, 0.717) is 25.0 Å². The Labute approximate surface area is 184 Å². The summed E-state index contributed by atoms with van der Waals surface area (Å²) in [6.45, 7) is 1.32. The predicted octanol–water partition coefficient (Wildman–Crippen LogP) is 2.52. The smallest absolute Gasteiger partial charge is 0.223 e. The zero-order chi connectivity index (χ0) is 21.6. The number of nitrogens with zero attached hydrogens (tertiary/aromatic N) is 3. The highest BCUT2D eigenvalue weighted by atomic mass is 16.2. The number of allylic oxidation sites excluding steroid dienone is 1. The fourth-order valence-corrected chi connectivity index (χ4v) is 4.46. The number of aromatic nitrogens is 2. The molecule has 1 aliphatic carbocycles. The second-order valence-corrected chi connectivity index (χ2v) is 8.46. The molecule has 164 valence electrons. The number of hydrogen-bond acceptors (Lipinski definition) is 6. The molecular formula is C24H32N6O. The molecular weight excluding hydrogens is 388 g/mol. The number of anilines is 1. The van der Waals surface area contributed by atoms with Gasteiger partial charge in [-0.3, -0.25) is 4.79 Å².